The van der Waals surface area contributed by atoms with Crippen LogP contribution in [0, 0.1) is 0 Å². The van der Waals surface area contributed by atoms with Gasteiger partial charge in [-0.3, -0.25) is 4.79 Å². The number of rotatable bonds is 7. The van der Waals surface area contributed by atoms with Crippen LogP contribution >= 0.6 is 0 Å². The lowest BCUT2D eigenvalue weighted by Gasteiger charge is -2.14. The highest BCUT2D eigenvalue weighted by atomic mass is 16.5. The largest absolute Gasteiger partial charge is 0.481 e. The Morgan fingerprint density at radius 1 is 1.50 bits per heavy atom. The van der Waals surface area contributed by atoms with E-state index in [4.69, 9.17) is 15.2 Å². The number of benzene rings is 1. The quantitative estimate of drug-likeness (QED) is 0.564. The van der Waals surface area contributed by atoms with Crippen LogP contribution in [0.5, 0.6) is 5.75 Å². The van der Waals surface area contributed by atoms with Crippen LogP contribution in [-0.2, 0) is 9.53 Å². The van der Waals surface area contributed by atoms with Gasteiger partial charge in [0.15, 0.2) is 6.10 Å². The standard InChI is InChI=1S/C13H20N2O3/c1-10(13(16)15-7-4-8-17-2)18-12-6-3-5-11(14)9-12/h3,5-6,9-10H,4,7-8,14H2,1-2H3,(H,15,16)/t10-/m1/s1. The number of amides is 1. The fourth-order valence-corrected chi connectivity index (χ4v) is 1.42. The summed E-state index contributed by atoms with van der Waals surface area (Å²) in [4.78, 5) is 11.7. The highest BCUT2D eigenvalue weighted by Gasteiger charge is 2.13. The summed E-state index contributed by atoms with van der Waals surface area (Å²) in [7, 11) is 1.63. The van der Waals surface area contributed by atoms with E-state index in [1.807, 2.05) is 0 Å². The van der Waals surface area contributed by atoms with Gasteiger partial charge in [-0.2, -0.15) is 0 Å². The molecule has 0 bridgehead atoms. The normalized spacial score (nSPS) is 11.9. The van der Waals surface area contributed by atoms with E-state index in [2.05, 4.69) is 5.32 Å². The maximum Gasteiger partial charge on any atom is 0.260 e. The number of ether oxygens (including phenoxy) is 2. The molecule has 0 radical (unpaired) electrons. The van der Waals surface area contributed by atoms with Gasteiger partial charge in [0, 0.05) is 32.0 Å². The van der Waals surface area contributed by atoms with Crippen LogP contribution in [0.3, 0.4) is 0 Å². The molecule has 0 fully saturated rings. The summed E-state index contributed by atoms with van der Waals surface area (Å²) in [5.74, 6) is 0.447. The molecule has 18 heavy (non-hydrogen) atoms. The Kier molecular flexibility index (Phi) is 6.00. The molecule has 3 N–H and O–H groups in total. The van der Waals surface area contributed by atoms with Gasteiger partial charge in [-0.05, 0) is 25.5 Å². The summed E-state index contributed by atoms with van der Waals surface area (Å²) >= 11 is 0. The molecule has 100 valence electrons. The molecule has 0 aliphatic carbocycles. The van der Waals surface area contributed by atoms with Crippen molar-refractivity contribution >= 4 is 11.6 Å². The van der Waals surface area contributed by atoms with Crippen LogP contribution in [0.25, 0.3) is 0 Å². The Morgan fingerprint density at radius 3 is 2.94 bits per heavy atom. The number of hydrogen-bond donors (Lipinski definition) is 2. The number of nitrogen functional groups attached to an aromatic ring is 1. The number of anilines is 1. The van der Waals surface area contributed by atoms with Crippen LogP contribution in [0.15, 0.2) is 24.3 Å². The molecule has 5 nitrogen and oxygen atoms in total. The average molecular weight is 252 g/mol. The smallest absolute Gasteiger partial charge is 0.260 e. The zero-order valence-corrected chi connectivity index (χ0v) is 10.8. The highest BCUT2D eigenvalue weighted by molar-refractivity contribution is 5.80. The molecule has 1 amide bonds. The third kappa shape index (κ3) is 5.05. The number of methoxy groups -OCH3 is 1. The fourth-order valence-electron chi connectivity index (χ4n) is 1.42. The van der Waals surface area contributed by atoms with E-state index < -0.39 is 6.10 Å². The van der Waals surface area contributed by atoms with Gasteiger partial charge in [-0.1, -0.05) is 6.07 Å². The van der Waals surface area contributed by atoms with E-state index in [-0.39, 0.29) is 5.91 Å². The van der Waals surface area contributed by atoms with Crippen LogP contribution in [-0.4, -0.2) is 32.3 Å². The monoisotopic (exact) mass is 252 g/mol. The van der Waals surface area contributed by atoms with Crippen LogP contribution < -0.4 is 15.8 Å². The molecule has 0 aromatic heterocycles. The first-order chi connectivity index (χ1) is 8.63. The minimum Gasteiger partial charge on any atom is -0.481 e. The lowest BCUT2D eigenvalue weighted by atomic mass is 10.3. The van der Waals surface area contributed by atoms with Crippen LogP contribution in [0.4, 0.5) is 5.69 Å². The van der Waals surface area contributed by atoms with Crippen molar-refractivity contribution in [2.75, 3.05) is 26.0 Å². The van der Waals surface area contributed by atoms with E-state index in [0.717, 1.165) is 6.42 Å². The number of hydrogen-bond acceptors (Lipinski definition) is 4. The van der Waals surface area contributed by atoms with Crippen molar-refractivity contribution in [3.8, 4) is 5.75 Å². The molecule has 0 saturated carbocycles. The van der Waals surface area contributed by atoms with Crippen molar-refractivity contribution in [1.82, 2.24) is 5.32 Å². The van der Waals surface area contributed by atoms with Gasteiger partial charge < -0.3 is 20.5 Å². The van der Waals surface area contributed by atoms with Crippen molar-refractivity contribution in [2.24, 2.45) is 0 Å². The zero-order valence-electron chi connectivity index (χ0n) is 10.8. The van der Waals surface area contributed by atoms with Gasteiger partial charge in [0.2, 0.25) is 0 Å². The van der Waals surface area contributed by atoms with E-state index >= 15 is 0 Å². The van der Waals surface area contributed by atoms with Gasteiger partial charge in [0.25, 0.3) is 5.91 Å². The summed E-state index contributed by atoms with van der Waals surface area (Å²) in [5.41, 5.74) is 6.24. The molecule has 0 saturated heterocycles. The van der Waals surface area contributed by atoms with Crippen molar-refractivity contribution in [3.63, 3.8) is 0 Å². The average Bonchev–Trinajstić information content (AvgIpc) is 2.34. The second kappa shape index (κ2) is 7.55. The second-order valence-electron chi connectivity index (χ2n) is 3.97. The third-order valence-electron chi connectivity index (χ3n) is 2.36. The minimum absolute atomic E-state index is 0.145. The Bertz CT molecular complexity index is 382. The molecule has 1 atom stereocenters. The van der Waals surface area contributed by atoms with Crippen LogP contribution in [0.1, 0.15) is 13.3 Å². The third-order valence-corrected chi connectivity index (χ3v) is 2.36. The molecule has 1 aromatic carbocycles. The van der Waals surface area contributed by atoms with Gasteiger partial charge in [-0.25, -0.2) is 0 Å². The molecule has 0 aliphatic rings. The molecule has 5 heteroatoms. The van der Waals surface area contributed by atoms with Crippen molar-refractivity contribution < 1.29 is 14.3 Å². The molecule has 0 spiro atoms. The molecule has 0 heterocycles. The van der Waals surface area contributed by atoms with E-state index in [1.165, 1.54) is 0 Å². The molecule has 0 aliphatic heterocycles. The predicted molar refractivity (Wildman–Crippen MR) is 70.4 cm³/mol. The molecule has 1 rings (SSSR count). The van der Waals surface area contributed by atoms with Crippen molar-refractivity contribution in [2.45, 2.75) is 19.4 Å². The first-order valence-corrected chi connectivity index (χ1v) is 5.92. The predicted octanol–water partition coefficient (Wildman–Crippen LogP) is 1.19. The summed E-state index contributed by atoms with van der Waals surface area (Å²) in [5, 5.41) is 2.78. The van der Waals surface area contributed by atoms with E-state index in [0.29, 0.717) is 24.6 Å². The van der Waals surface area contributed by atoms with Crippen LogP contribution in [0.2, 0.25) is 0 Å². The zero-order chi connectivity index (χ0) is 13.4. The Balaban J connectivity index is 2.35. The number of nitrogens with two attached hydrogens (primary N) is 1. The first kappa shape index (κ1) is 14.3. The first-order valence-electron chi connectivity index (χ1n) is 5.92. The summed E-state index contributed by atoms with van der Waals surface area (Å²) in [6.07, 6.45) is 0.238. The van der Waals surface area contributed by atoms with Gasteiger partial charge in [-0.15, -0.1) is 0 Å². The minimum atomic E-state index is -0.547. The molecule has 1 aromatic rings. The maximum atomic E-state index is 11.7. The Morgan fingerprint density at radius 2 is 2.28 bits per heavy atom. The fraction of sp³-hybridized carbons (Fsp3) is 0.462. The maximum absolute atomic E-state index is 11.7. The second-order valence-corrected chi connectivity index (χ2v) is 3.97. The highest BCUT2D eigenvalue weighted by Crippen LogP contribution is 2.15. The summed E-state index contributed by atoms with van der Waals surface area (Å²) < 4.78 is 10.4. The lowest BCUT2D eigenvalue weighted by Crippen LogP contribution is -2.37. The Labute approximate surface area is 107 Å². The van der Waals surface area contributed by atoms with Crippen molar-refractivity contribution in [3.05, 3.63) is 24.3 Å². The molecule has 0 unspecified atom stereocenters. The van der Waals surface area contributed by atoms with E-state index in [1.54, 1.807) is 38.3 Å². The number of nitrogens with one attached hydrogen (secondary N) is 1. The van der Waals surface area contributed by atoms with Crippen molar-refractivity contribution in [1.29, 1.82) is 0 Å². The molecular formula is C13H20N2O3. The summed E-state index contributed by atoms with van der Waals surface area (Å²) in [6.45, 7) is 2.91. The number of carbonyl (C=O) groups is 1. The van der Waals surface area contributed by atoms with Gasteiger partial charge >= 0.3 is 0 Å². The number of carbonyl (C=O) groups excluding carboxylic acids is 1. The lowest BCUT2D eigenvalue weighted by molar-refractivity contribution is -0.127. The van der Waals surface area contributed by atoms with Gasteiger partial charge in [0.05, 0.1) is 0 Å². The summed E-state index contributed by atoms with van der Waals surface area (Å²) in [6, 6.07) is 7.01. The van der Waals surface area contributed by atoms with Gasteiger partial charge in [0.1, 0.15) is 5.75 Å². The molecular weight excluding hydrogens is 232 g/mol. The SMILES string of the molecule is COCCCNC(=O)[C@@H](C)Oc1cccc(N)c1. The Hall–Kier alpha value is -1.75. The van der Waals surface area contributed by atoms with E-state index in [9.17, 15) is 4.79 Å². The topological polar surface area (TPSA) is 73.6 Å².